The van der Waals surface area contributed by atoms with Crippen molar-refractivity contribution in [3.63, 3.8) is 0 Å². The Bertz CT molecular complexity index is 1530. The van der Waals surface area contributed by atoms with Crippen molar-refractivity contribution < 1.29 is 41.4 Å². The molecule has 13 heteroatoms. The predicted octanol–water partition coefficient (Wildman–Crippen LogP) is 6.36. The normalized spacial score (nSPS) is 15.0. The zero-order chi connectivity index (χ0) is 28.5. The van der Waals surface area contributed by atoms with Gasteiger partial charge in [0.15, 0.2) is 11.5 Å². The summed E-state index contributed by atoms with van der Waals surface area (Å²) >= 11 is 7.94. The maximum absolute atomic E-state index is 14.0. The molecule has 202 valence electrons. The fourth-order valence-electron chi connectivity index (χ4n) is 3.63. The van der Waals surface area contributed by atoms with Crippen LogP contribution in [0.15, 0.2) is 60.2 Å². The summed E-state index contributed by atoms with van der Waals surface area (Å²) in [7, 11) is 1.35. The molecule has 7 nitrogen and oxygen atoms in total. The van der Waals surface area contributed by atoms with Gasteiger partial charge in [0.2, 0.25) is 0 Å². The Balaban J connectivity index is 1.69. The van der Waals surface area contributed by atoms with Crippen LogP contribution < -0.4 is 19.7 Å². The predicted molar refractivity (Wildman–Crippen MR) is 142 cm³/mol. The van der Waals surface area contributed by atoms with E-state index >= 15 is 0 Å². The number of alkyl halides is 3. The topological polar surface area (TPSA) is 84.9 Å². The lowest BCUT2D eigenvalue weighted by molar-refractivity contribution is -0.137. The van der Waals surface area contributed by atoms with Crippen LogP contribution >= 0.6 is 34.2 Å². The second kappa shape index (κ2) is 11.2. The first-order chi connectivity index (χ1) is 18.4. The molecule has 39 heavy (non-hydrogen) atoms. The summed E-state index contributed by atoms with van der Waals surface area (Å²) in [5.41, 5.74) is -1.64. The third-order valence-electron chi connectivity index (χ3n) is 5.51. The number of amides is 4. The first kappa shape index (κ1) is 28.4. The number of hydrogen-bond donors (Lipinski definition) is 1. The van der Waals surface area contributed by atoms with Crippen molar-refractivity contribution in [2.45, 2.75) is 12.8 Å². The van der Waals surface area contributed by atoms with Crippen molar-refractivity contribution in [1.82, 2.24) is 5.32 Å². The van der Waals surface area contributed by atoms with Crippen LogP contribution in [0.25, 0.3) is 6.08 Å². The standard InChI is InChI=1S/C26H16ClF4IN2O5/c1-38-21-10-13(9-19(32)22(21)39-12-14-4-2-3-5-18(14)28)8-16-23(35)33-25(37)34(24(16)36)20-11-15(26(29,30)31)6-7-17(20)27/h2-11H,12H2,1H3,(H,33,35,37)/b16-8-. The summed E-state index contributed by atoms with van der Waals surface area (Å²) < 4.78 is 65.3. The minimum atomic E-state index is -4.77. The van der Waals surface area contributed by atoms with Crippen LogP contribution in [0, 0.1) is 9.39 Å². The van der Waals surface area contributed by atoms with Crippen molar-refractivity contribution in [2.75, 3.05) is 12.0 Å². The highest BCUT2D eigenvalue weighted by Gasteiger charge is 2.39. The summed E-state index contributed by atoms with van der Waals surface area (Å²) in [6.45, 7) is -0.102. The average molecular weight is 675 g/mol. The van der Waals surface area contributed by atoms with Gasteiger partial charge in [-0.3, -0.25) is 14.9 Å². The molecule has 0 spiro atoms. The van der Waals surface area contributed by atoms with E-state index in [4.69, 9.17) is 21.1 Å². The summed E-state index contributed by atoms with van der Waals surface area (Å²) in [6.07, 6.45) is -3.63. The van der Waals surface area contributed by atoms with Gasteiger partial charge in [0.1, 0.15) is 18.0 Å². The minimum Gasteiger partial charge on any atom is -0.493 e. The van der Waals surface area contributed by atoms with E-state index < -0.39 is 46.7 Å². The van der Waals surface area contributed by atoms with Crippen molar-refractivity contribution in [1.29, 1.82) is 0 Å². The fraction of sp³-hybridized carbons (Fsp3) is 0.115. The van der Waals surface area contributed by atoms with Gasteiger partial charge in [-0.05, 0) is 70.6 Å². The van der Waals surface area contributed by atoms with Gasteiger partial charge in [-0.15, -0.1) is 0 Å². The Hall–Kier alpha value is -3.65. The monoisotopic (exact) mass is 674 g/mol. The molecule has 0 aliphatic carbocycles. The number of carbonyl (C=O) groups excluding carboxylic acids is 3. The van der Waals surface area contributed by atoms with Crippen LogP contribution in [0.3, 0.4) is 0 Å². The zero-order valence-electron chi connectivity index (χ0n) is 19.7. The summed E-state index contributed by atoms with van der Waals surface area (Å²) in [6, 6.07) is 9.91. The van der Waals surface area contributed by atoms with Gasteiger partial charge in [0, 0.05) is 5.56 Å². The molecule has 1 aliphatic heterocycles. The molecule has 4 rings (SSSR count). The van der Waals surface area contributed by atoms with Gasteiger partial charge in [-0.1, -0.05) is 29.8 Å². The summed E-state index contributed by atoms with van der Waals surface area (Å²) in [4.78, 5) is 38.6. The number of carbonyl (C=O) groups is 3. The second-order valence-corrected chi connectivity index (χ2v) is 9.61. The van der Waals surface area contributed by atoms with E-state index in [2.05, 4.69) is 0 Å². The Labute approximate surface area is 237 Å². The average Bonchev–Trinajstić information content (AvgIpc) is 2.86. The van der Waals surface area contributed by atoms with Gasteiger partial charge in [-0.25, -0.2) is 14.1 Å². The molecule has 0 saturated carbocycles. The summed E-state index contributed by atoms with van der Waals surface area (Å²) in [5.74, 6) is -2.22. The Morgan fingerprint density at radius 1 is 1.08 bits per heavy atom. The van der Waals surface area contributed by atoms with Crippen LogP contribution in [0.5, 0.6) is 11.5 Å². The zero-order valence-corrected chi connectivity index (χ0v) is 22.7. The number of rotatable bonds is 6. The number of halogens is 6. The van der Waals surface area contributed by atoms with E-state index in [1.807, 2.05) is 27.9 Å². The molecular formula is C26H16ClF4IN2O5. The van der Waals surface area contributed by atoms with Crippen LogP contribution in [0.2, 0.25) is 5.02 Å². The second-order valence-electron chi connectivity index (χ2n) is 8.04. The number of barbiturate groups is 1. The molecule has 0 unspecified atom stereocenters. The highest BCUT2D eigenvalue weighted by molar-refractivity contribution is 14.1. The number of methoxy groups -OCH3 is 1. The Morgan fingerprint density at radius 2 is 1.79 bits per heavy atom. The molecule has 0 bridgehead atoms. The molecular weight excluding hydrogens is 659 g/mol. The van der Waals surface area contributed by atoms with Crippen molar-refractivity contribution in [2.24, 2.45) is 0 Å². The van der Waals surface area contributed by atoms with Gasteiger partial charge in [0.25, 0.3) is 11.8 Å². The highest BCUT2D eigenvalue weighted by atomic mass is 127. The van der Waals surface area contributed by atoms with Gasteiger partial charge >= 0.3 is 12.2 Å². The molecule has 1 aliphatic rings. The first-order valence-electron chi connectivity index (χ1n) is 10.9. The van der Waals surface area contributed by atoms with Crippen LogP contribution in [0.1, 0.15) is 16.7 Å². The SMILES string of the molecule is COc1cc(/C=C2/C(=O)NC(=O)N(c3cc(C(F)(F)F)ccc3Cl)C2=O)cc(I)c1OCc1ccccc1F. The number of hydrogen-bond acceptors (Lipinski definition) is 5. The number of imide groups is 2. The summed E-state index contributed by atoms with van der Waals surface area (Å²) in [5, 5.41) is 1.63. The van der Waals surface area contributed by atoms with E-state index in [9.17, 15) is 31.9 Å². The quantitative estimate of drug-likeness (QED) is 0.143. The minimum absolute atomic E-state index is 0.102. The van der Waals surface area contributed by atoms with Crippen LogP contribution in [-0.4, -0.2) is 25.0 Å². The number of ether oxygens (including phenoxy) is 2. The maximum atomic E-state index is 14.0. The molecule has 1 N–H and O–H groups in total. The lowest BCUT2D eigenvalue weighted by atomic mass is 10.1. The number of nitrogens with zero attached hydrogens (tertiary/aromatic N) is 1. The molecule has 0 aromatic heterocycles. The molecule has 0 radical (unpaired) electrons. The number of urea groups is 1. The van der Waals surface area contributed by atoms with Crippen molar-refractivity contribution in [3.8, 4) is 11.5 Å². The van der Waals surface area contributed by atoms with Crippen molar-refractivity contribution >= 4 is 63.8 Å². The molecule has 1 saturated heterocycles. The first-order valence-corrected chi connectivity index (χ1v) is 12.4. The molecule has 1 fully saturated rings. The Morgan fingerprint density at radius 3 is 2.46 bits per heavy atom. The molecule has 0 atom stereocenters. The van der Waals surface area contributed by atoms with Crippen LogP contribution in [-0.2, 0) is 22.4 Å². The lowest BCUT2D eigenvalue weighted by Gasteiger charge is -2.27. The molecule has 3 aromatic rings. The van der Waals surface area contributed by atoms with E-state index in [-0.39, 0.29) is 28.7 Å². The number of nitrogens with one attached hydrogen (secondary N) is 1. The fourth-order valence-corrected chi connectivity index (χ4v) is 4.61. The van der Waals surface area contributed by atoms with E-state index in [1.54, 1.807) is 18.2 Å². The largest absolute Gasteiger partial charge is 0.493 e. The van der Waals surface area contributed by atoms with Gasteiger partial charge in [0.05, 0.1) is 27.0 Å². The molecule has 3 aromatic carbocycles. The van der Waals surface area contributed by atoms with E-state index in [1.165, 1.54) is 25.3 Å². The van der Waals surface area contributed by atoms with Crippen LogP contribution in [0.4, 0.5) is 28.0 Å². The Kier molecular flexibility index (Phi) is 8.16. The smallest absolute Gasteiger partial charge is 0.416 e. The molecule has 4 amide bonds. The van der Waals surface area contributed by atoms with Gasteiger partial charge < -0.3 is 9.47 Å². The number of anilines is 1. The third kappa shape index (κ3) is 6.01. The molecule has 1 heterocycles. The van der Waals surface area contributed by atoms with E-state index in [0.29, 0.717) is 26.2 Å². The number of benzene rings is 3. The van der Waals surface area contributed by atoms with E-state index in [0.717, 1.165) is 12.1 Å². The highest BCUT2D eigenvalue weighted by Crippen LogP contribution is 2.38. The van der Waals surface area contributed by atoms with Crippen molar-refractivity contribution in [3.05, 3.63) is 91.3 Å². The van der Waals surface area contributed by atoms with Gasteiger partial charge in [-0.2, -0.15) is 13.2 Å². The maximum Gasteiger partial charge on any atom is 0.416 e. The third-order valence-corrected chi connectivity index (χ3v) is 6.63. The lowest BCUT2D eigenvalue weighted by Crippen LogP contribution is -2.54.